The minimum absolute atomic E-state index is 0.0533. The van der Waals surface area contributed by atoms with Gasteiger partial charge in [-0.1, -0.05) is 18.2 Å². The van der Waals surface area contributed by atoms with Crippen LogP contribution < -0.4 is 4.90 Å². The van der Waals surface area contributed by atoms with E-state index >= 15 is 0 Å². The summed E-state index contributed by atoms with van der Waals surface area (Å²) < 4.78 is 42.1. The van der Waals surface area contributed by atoms with Crippen molar-refractivity contribution in [2.75, 3.05) is 31.1 Å². The van der Waals surface area contributed by atoms with Gasteiger partial charge in [0.15, 0.2) is 0 Å². The summed E-state index contributed by atoms with van der Waals surface area (Å²) in [5.41, 5.74) is -0.731. The molecule has 1 aliphatic rings. The summed E-state index contributed by atoms with van der Waals surface area (Å²) >= 11 is 6.15. The van der Waals surface area contributed by atoms with Crippen LogP contribution in [0.2, 0.25) is 5.02 Å². The Morgan fingerprint density at radius 2 is 1.81 bits per heavy atom. The number of hydrogen-bond donors (Lipinski definition) is 1. The molecule has 1 aromatic heterocycles. The van der Waals surface area contributed by atoms with Gasteiger partial charge in [0.2, 0.25) is 5.91 Å². The molecule has 0 spiro atoms. The van der Waals surface area contributed by atoms with Gasteiger partial charge >= 0.3 is 6.18 Å². The lowest BCUT2D eigenvalue weighted by Gasteiger charge is -2.35. The molecule has 1 aliphatic heterocycles. The van der Waals surface area contributed by atoms with Gasteiger partial charge in [-0.3, -0.25) is 4.79 Å². The van der Waals surface area contributed by atoms with E-state index in [1.807, 2.05) is 4.90 Å². The molecule has 0 unspecified atom stereocenters. The fourth-order valence-corrected chi connectivity index (χ4v) is 4.01. The fraction of sp³-hybridized carbons (Fsp3) is 0.227. The standard InChI is InChI=1S/C22H18ClF3N4O2/c1-2-20(32)29-5-7-30(8-6-29)21-16-10-17(22(24,25)26)14(11-19(16)27-12-28-21)15-9-13(31)3-4-18(15)23/h2-4,9-12,31H,1,5-8H2. The van der Waals surface area contributed by atoms with Gasteiger partial charge in [0.1, 0.15) is 17.9 Å². The Morgan fingerprint density at radius 1 is 1.09 bits per heavy atom. The van der Waals surface area contributed by atoms with E-state index in [0.717, 1.165) is 6.07 Å². The number of amides is 1. The van der Waals surface area contributed by atoms with Crippen molar-refractivity contribution in [1.29, 1.82) is 0 Å². The Hall–Kier alpha value is -3.33. The number of aromatic hydroxyl groups is 1. The molecule has 0 atom stereocenters. The predicted molar refractivity (Wildman–Crippen MR) is 116 cm³/mol. The predicted octanol–water partition coefficient (Wildman–Crippen LogP) is 4.51. The fourth-order valence-electron chi connectivity index (χ4n) is 3.79. The summed E-state index contributed by atoms with van der Waals surface area (Å²) in [6.45, 7) is 5.10. The second-order valence-electron chi connectivity index (χ2n) is 7.29. The number of phenolic OH excluding ortho intramolecular Hbond substituents is 1. The summed E-state index contributed by atoms with van der Waals surface area (Å²) in [6.07, 6.45) is -2.15. The van der Waals surface area contributed by atoms with Crippen LogP contribution in [0.5, 0.6) is 5.75 Å². The number of nitrogens with zero attached hydrogens (tertiary/aromatic N) is 4. The van der Waals surface area contributed by atoms with Crippen LogP contribution >= 0.6 is 11.6 Å². The van der Waals surface area contributed by atoms with Crippen molar-refractivity contribution in [1.82, 2.24) is 14.9 Å². The van der Waals surface area contributed by atoms with E-state index in [9.17, 15) is 23.1 Å². The highest BCUT2D eigenvalue weighted by Gasteiger charge is 2.35. The van der Waals surface area contributed by atoms with Crippen molar-refractivity contribution in [2.24, 2.45) is 0 Å². The van der Waals surface area contributed by atoms with Gasteiger partial charge < -0.3 is 14.9 Å². The van der Waals surface area contributed by atoms with E-state index in [0.29, 0.717) is 37.5 Å². The number of fused-ring (bicyclic) bond motifs is 1. The highest BCUT2D eigenvalue weighted by molar-refractivity contribution is 6.33. The van der Waals surface area contributed by atoms with Gasteiger partial charge in [0, 0.05) is 42.2 Å². The van der Waals surface area contributed by atoms with Crippen molar-refractivity contribution in [2.45, 2.75) is 6.18 Å². The van der Waals surface area contributed by atoms with E-state index in [4.69, 9.17) is 11.6 Å². The maximum absolute atomic E-state index is 14.0. The molecule has 0 aliphatic carbocycles. The Morgan fingerprint density at radius 3 is 2.47 bits per heavy atom. The molecule has 1 amide bonds. The smallest absolute Gasteiger partial charge is 0.417 e. The molecular formula is C22H18ClF3N4O2. The highest BCUT2D eigenvalue weighted by atomic mass is 35.5. The lowest BCUT2D eigenvalue weighted by atomic mass is 9.96. The molecular weight excluding hydrogens is 445 g/mol. The van der Waals surface area contributed by atoms with Gasteiger partial charge in [0.05, 0.1) is 11.1 Å². The number of halogens is 4. The van der Waals surface area contributed by atoms with Crippen LogP contribution in [-0.4, -0.2) is 52.1 Å². The SMILES string of the molecule is C=CC(=O)N1CCN(c2ncnc3cc(-c4cc(O)ccc4Cl)c(C(F)(F)F)cc23)CC1. The second kappa shape index (κ2) is 8.31. The van der Waals surface area contributed by atoms with Crippen molar-refractivity contribution in [3.8, 4) is 16.9 Å². The molecule has 0 saturated carbocycles. The molecule has 6 nitrogen and oxygen atoms in total. The molecule has 1 N–H and O–H groups in total. The number of piperazine rings is 1. The number of alkyl halides is 3. The molecule has 2 aromatic carbocycles. The van der Waals surface area contributed by atoms with E-state index in [1.54, 1.807) is 4.90 Å². The summed E-state index contributed by atoms with van der Waals surface area (Å²) in [7, 11) is 0. The van der Waals surface area contributed by atoms with Crippen LogP contribution in [0.3, 0.4) is 0 Å². The molecule has 10 heteroatoms. The van der Waals surface area contributed by atoms with Crippen molar-refractivity contribution in [3.63, 3.8) is 0 Å². The number of hydrogen-bond acceptors (Lipinski definition) is 5. The van der Waals surface area contributed by atoms with Crippen LogP contribution in [0.15, 0.2) is 49.3 Å². The highest BCUT2D eigenvalue weighted by Crippen LogP contribution is 2.43. The Bertz CT molecular complexity index is 1210. The minimum atomic E-state index is -4.68. The van der Waals surface area contributed by atoms with Gasteiger partial charge in [-0.15, -0.1) is 0 Å². The first-order valence-electron chi connectivity index (χ1n) is 9.70. The van der Waals surface area contributed by atoms with Gasteiger partial charge in [-0.2, -0.15) is 13.2 Å². The summed E-state index contributed by atoms with van der Waals surface area (Å²) in [4.78, 5) is 23.7. The summed E-state index contributed by atoms with van der Waals surface area (Å²) in [6, 6.07) is 6.16. The normalized spacial score (nSPS) is 14.6. The molecule has 2 heterocycles. The molecule has 4 rings (SSSR count). The number of aromatic nitrogens is 2. The maximum Gasteiger partial charge on any atom is 0.417 e. The number of anilines is 1. The first-order valence-corrected chi connectivity index (χ1v) is 10.1. The Labute approximate surface area is 186 Å². The van der Waals surface area contributed by atoms with Crippen molar-refractivity contribution in [3.05, 3.63) is 59.9 Å². The molecule has 0 radical (unpaired) electrons. The average Bonchev–Trinajstić information content (AvgIpc) is 2.78. The number of rotatable bonds is 3. The van der Waals surface area contributed by atoms with Crippen LogP contribution in [0.25, 0.3) is 22.0 Å². The summed E-state index contributed by atoms with van der Waals surface area (Å²) in [5, 5.41) is 10.1. The van der Waals surface area contributed by atoms with Crippen LogP contribution in [0.4, 0.5) is 19.0 Å². The molecule has 166 valence electrons. The minimum Gasteiger partial charge on any atom is -0.508 e. The Kier molecular flexibility index (Phi) is 5.68. The zero-order chi connectivity index (χ0) is 23.0. The Balaban J connectivity index is 1.83. The third-order valence-electron chi connectivity index (χ3n) is 5.36. The monoisotopic (exact) mass is 462 g/mol. The van der Waals surface area contributed by atoms with Gasteiger partial charge in [-0.05, 0) is 42.0 Å². The molecule has 0 bridgehead atoms. The molecule has 3 aromatic rings. The first kappa shape index (κ1) is 21.9. The average molecular weight is 463 g/mol. The van der Waals surface area contributed by atoms with Crippen molar-refractivity contribution >= 4 is 34.2 Å². The number of phenols is 1. The van der Waals surface area contributed by atoms with E-state index in [2.05, 4.69) is 16.5 Å². The maximum atomic E-state index is 14.0. The first-order chi connectivity index (χ1) is 15.2. The number of carbonyl (C=O) groups is 1. The van der Waals surface area contributed by atoms with Crippen LogP contribution in [-0.2, 0) is 11.0 Å². The quantitative estimate of drug-likeness (QED) is 0.580. The van der Waals surface area contributed by atoms with E-state index in [1.165, 1.54) is 36.7 Å². The van der Waals surface area contributed by atoms with E-state index < -0.39 is 11.7 Å². The third-order valence-corrected chi connectivity index (χ3v) is 5.69. The van der Waals surface area contributed by atoms with Crippen LogP contribution in [0, 0.1) is 0 Å². The van der Waals surface area contributed by atoms with E-state index in [-0.39, 0.29) is 33.2 Å². The van der Waals surface area contributed by atoms with Gasteiger partial charge in [0.25, 0.3) is 0 Å². The van der Waals surface area contributed by atoms with Crippen LogP contribution in [0.1, 0.15) is 5.56 Å². The molecule has 1 fully saturated rings. The lowest BCUT2D eigenvalue weighted by molar-refractivity contribution is -0.137. The largest absolute Gasteiger partial charge is 0.508 e. The topological polar surface area (TPSA) is 69.6 Å². The zero-order valence-corrected chi connectivity index (χ0v) is 17.5. The lowest BCUT2D eigenvalue weighted by Crippen LogP contribution is -2.48. The van der Waals surface area contributed by atoms with Crippen molar-refractivity contribution < 1.29 is 23.1 Å². The molecule has 1 saturated heterocycles. The number of carbonyl (C=O) groups excluding carboxylic acids is 1. The summed E-state index contributed by atoms with van der Waals surface area (Å²) in [5.74, 6) is -0.0307. The third kappa shape index (κ3) is 4.08. The zero-order valence-electron chi connectivity index (χ0n) is 16.7. The van der Waals surface area contributed by atoms with Gasteiger partial charge in [-0.25, -0.2) is 9.97 Å². The second-order valence-corrected chi connectivity index (χ2v) is 7.70. The molecule has 32 heavy (non-hydrogen) atoms. The number of benzene rings is 2.